The summed E-state index contributed by atoms with van der Waals surface area (Å²) in [6.45, 7) is 1.58. The molecule has 0 atom stereocenters. The molecular weight excluding hydrogens is 304 g/mol. The van der Waals surface area contributed by atoms with Gasteiger partial charge in [0.15, 0.2) is 0 Å². The van der Waals surface area contributed by atoms with E-state index in [-0.39, 0.29) is 18.7 Å². The Hall–Kier alpha value is -3.48. The van der Waals surface area contributed by atoms with Crippen molar-refractivity contribution in [1.29, 1.82) is 0 Å². The highest BCUT2D eigenvalue weighted by atomic mass is 16.4. The summed E-state index contributed by atoms with van der Waals surface area (Å²) >= 11 is 0. The molecule has 0 amide bonds. The van der Waals surface area contributed by atoms with Gasteiger partial charge in [-0.15, -0.1) is 0 Å². The van der Waals surface area contributed by atoms with E-state index >= 15 is 0 Å². The van der Waals surface area contributed by atoms with Crippen LogP contribution in [0.2, 0.25) is 0 Å². The molecule has 118 valence electrons. The minimum Gasteiger partial charge on any atom is -0.507 e. The van der Waals surface area contributed by atoms with Crippen molar-refractivity contribution in [2.75, 3.05) is 0 Å². The van der Waals surface area contributed by atoms with Crippen LogP contribution in [0, 0.1) is 6.92 Å². The number of nitrogens with zero attached hydrogens (tertiary/aromatic N) is 6. The molecule has 0 spiro atoms. The van der Waals surface area contributed by atoms with Crippen molar-refractivity contribution in [1.82, 2.24) is 0 Å². The number of aliphatic hydroxyl groups excluding tert-OH is 1. The molecule has 10 nitrogen and oxygen atoms in total. The van der Waals surface area contributed by atoms with Crippen LogP contribution in [-0.4, -0.2) is 22.0 Å². The lowest BCUT2D eigenvalue weighted by molar-refractivity contribution is -0.146. The maximum absolute atomic E-state index is 11.2. The third-order valence-corrected chi connectivity index (χ3v) is 2.95. The summed E-state index contributed by atoms with van der Waals surface area (Å²) in [6, 6.07) is 3.10. The zero-order valence-electron chi connectivity index (χ0n) is 12.0. The number of carboxylic acid groups (broad SMARTS) is 1. The Morgan fingerprint density at radius 1 is 1.17 bits per heavy atom. The van der Waals surface area contributed by atoms with Gasteiger partial charge in [-0.1, -0.05) is 16.3 Å². The van der Waals surface area contributed by atoms with Crippen LogP contribution in [0.4, 0.5) is 0 Å². The second kappa shape index (κ2) is 8.08. The number of aliphatic carboxylic acids is 1. The Morgan fingerprint density at radius 3 is 2.35 bits per heavy atom. The molecule has 0 aliphatic heterocycles. The molecule has 10 heteroatoms. The smallest absolute Gasteiger partial charge is 0.376 e. The standard InChI is InChI=1S/C13H12N6O4/c1-7-9(6-17-19-15)2-8(5-16-18-14)3-10(7)11(20)4-12(21)13(22)23/h2-4,20H,5-6H2,1H3,(H,22,23). The van der Waals surface area contributed by atoms with Gasteiger partial charge in [-0.2, -0.15) is 0 Å². The second-order valence-corrected chi connectivity index (χ2v) is 4.40. The molecule has 0 aromatic heterocycles. The Bertz CT molecular complexity index is 773. The highest BCUT2D eigenvalue weighted by Crippen LogP contribution is 2.24. The van der Waals surface area contributed by atoms with Crippen LogP contribution in [0.15, 0.2) is 28.4 Å². The third-order valence-electron chi connectivity index (χ3n) is 2.95. The van der Waals surface area contributed by atoms with E-state index in [9.17, 15) is 14.7 Å². The van der Waals surface area contributed by atoms with Crippen LogP contribution >= 0.6 is 0 Å². The molecule has 0 fully saturated rings. The first-order chi connectivity index (χ1) is 10.9. The molecule has 0 heterocycles. The van der Waals surface area contributed by atoms with E-state index in [0.29, 0.717) is 22.8 Å². The molecule has 0 aliphatic rings. The average molecular weight is 316 g/mol. The fraction of sp³-hybridized carbons (Fsp3) is 0.231. The maximum atomic E-state index is 11.2. The average Bonchev–Trinajstić information content (AvgIpc) is 2.52. The molecule has 0 saturated heterocycles. The quantitative estimate of drug-likeness (QED) is 0.196. The fourth-order valence-electron chi connectivity index (χ4n) is 1.85. The van der Waals surface area contributed by atoms with Gasteiger partial charge in [-0.25, -0.2) is 4.79 Å². The van der Waals surface area contributed by atoms with E-state index in [2.05, 4.69) is 20.1 Å². The molecule has 23 heavy (non-hydrogen) atoms. The van der Waals surface area contributed by atoms with Crippen molar-refractivity contribution in [3.8, 4) is 0 Å². The van der Waals surface area contributed by atoms with E-state index in [1.807, 2.05) is 0 Å². The van der Waals surface area contributed by atoms with Gasteiger partial charge in [-0.3, -0.25) is 4.79 Å². The number of hydrogen-bond acceptors (Lipinski definition) is 5. The van der Waals surface area contributed by atoms with E-state index in [1.54, 1.807) is 13.0 Å². The molecule has 0 aliphatic carbocycles. The van der Waals surface area contributed by atoms with Gasteiger partial charge in [0.2, 0.25) is 0 Å². The summed E-state index contributed by atoms with van der Waals surface area (Å²) < 4.78 is 0. The second-order valence-electron chi connectivity index (χ2n) is 4.40. The lowest BCUT2D eigenvalue weighted by Gasteiger charge is -2.12. The summed E-state index contributed by atoms with van der Waals surface area (Å²) in [6.07, 6.45) is 0.583. The number of benzene rings is 1. The van der Waals surface area contributed by atoms with E-state index in [1.165, 1.54) is 6.07 Å². The maximum Gasteiger partial charge on any atom is 0.376 e. The van der Waals surface area contributed by atoms with Crippen LogP contribution in [-0.2, 0) is 22.7 Å². The highest BCUT2D eigenvalue weighted by molar-refractivity contribution is 6.38. The van der Waals surface area contributed by atoms with Gasteiger partial charge >= 0.3 is 5.97 Å². The Balaban J connectivity index is 3.43. The van der Waals surface area contributed by atoms with Crippen LogP contribution in [0.3, 0.4) is 0 Å². The molecule has 1 rings (SSSR count). The van der Waals surface area contributed by atoms with Gasteiger partial charge in [-0.05, 0) is 40.7 Å². The van der Waals surface area contributed by atoms with Gasteiger partial charge in [0, 0.05) is 21.5 Å². The minimum absolute atomic E-state index is 0.0143. The molecule has 2 N–H and O–H groups in total. The lowest BCUT2D eigenvalue weighted by Crippen LogP contribution is -2.10. The SMILES string of the molecule is Cc1c(CN=[N+]=[N-])cc(CN=[N+]=[N-])cc1C(O)=CC(=O)C(=O)O. The number of hydrogen-bond donors (Lipinski definition) is 2. The summed E-state index contributed by atoms with van der Waals surface area (Å²) in [7, 11) is 0. The van der Waals surface area contributed by atoms with Crippen LogP contribution in [0.1, 0.15) is 22.3 Å². The minimum atomic E-state index is -1.70. The largest absolute Gasteiger partial charge is 0.507 e. The van der Waals surface area contributed by atoms with E-state index in [4.69, 9.17) is 16.2 Å². The lowest BCUT2D eigenvalue weighted by atomic mass is 9.97. The molecule has 0 bridgehead atoms. The van der Waals surface area contributed by atoms with Gasteiger partial charge in [0.25, 0.3) is 5.78 Å². The molecule has 1 aromatic carbocycles. The summed E-state index contributed by atoms with van der Waals surface area (Å²) in [5.74, 6) is -3.52. The Morgan fingerprint density at radius 2 is 1.78 bits per heavy atom. The number of aliphatic hydroxyl groups is 1. The van der Waals surface area contributed by atoms with Gasteiger partial charge in [0.1, 0.15) is 5.76 Å². The summed E-state index contributed by atoms with van der Waals surface area (Å²) in [5.41, 5.74) is 18.5. The third kappa shape index (κ3) is 4.78. The molecule has 1 aromatic rings. The first kappa shape index (κ1) is 17.6. The van der Waals surface area contributed by atoms with Crippen molar-refractivity contribution in [3.63, 3.8) is 0 Å². The zero-order valence-corrected chi connectivity index (χ0v) is 12.0. The number of rotatable bonds is 7. The van der Waals surface area contributed by atoms with E-state index < -0.39 is 17.5 Å². The van der Waals surface area contributed by atoms with Crippen LogP contribution in [0.25, 0.3) is 26.6 Å². The van der Waals surface area contributed by atoms with Crippen molar-refractivity contribution in [2.24, 2.45) is 10.2 Å². The molecule has 0 radical (unpaired) electrons. The van der Waals surface area contributed by atoms with Gasteiger partial charge in [0.05, 0.1) is 13.1 Å². The number of azide groups is 2. The topological polar surface area (TPSA) is 172 Å². The Labute approximate surface area is 129 Å². The van der Waals surface area contributed by atoms with Crippen molar-refractivity contribution in [2.45, 2.75) is 20.0 Å². The predicted octanol–water partition coefficient (Wildman–Crippen LogP) is 3.17. The summed E-state index contributed by atoms with van der Waals surface area (Å²) in [4.78, 5) is 27.0. The fourth-order valence-corrected chi connectivity index (χ4v) is 1.85. The van der Waals surface area contributed by atoms with Crippen molar-refractivity contribution in [3.05, 3.63) is 61.3 Å². The number of carbonyl (C=O) groups is 2. The number of carbonyl (C=O) groups excluding carboxylic acids is 1. The van der Waals surface area contributed by atoms with Crippen molar-refractivity contribution < 1.29 is 19.8 Å². The van der Waals surface area contributed by atoms with Crippen LogP contribution in [0.5, 0.6) is 0 Å². The van der Waals surface area contributed by atoms with E-state index in [0.717, 1.165) is 0 Å². The zero-order chi connectivity index (χ0) is 17.4. The van der Waals surface area contributed by atoms with Crippen molar-refractivity contribution >= 4 is 17.5 Å². The number of ketones is 1. The Kier molecular flexibility index (Phi) is 6.17. The highest BCUT2D eigenvalue weighted by Gasteiger charge is 2.14. The van der Waals surface area contributed by atoms with Gasteiger partial charge < -0.3 is 10.2 Å². The predicted molar refractivity (Wildman–Crippen MR) is 80.1 cm³/mol. The first-order valence-corrected chi connectivity index (χ1v) is 6.23. The molecule has 0 saturated carbocycles. The number of carboxylic acids is 1. The molecule has 0 unspecified atom stereocenters. The molecular formula is C13H12N6O4. The van der Waals surface area contributed by atoms with Crippen LogP contribution < -0.4 is 0 Å². The first-order valence-electron chi connectivity index (χ1n) is 6.23. The summed E-state index contributed by atoms with van der Waals surface area (Å²) in [5, 5.41) is 25.4. The monoisotopic (exact) mass is 316 g/mol. The normalized spacial score (nSPS) is 10.4.